The number of nitrogens with zero attached hydrogens (tertiary/aromatic N) is 2. The van der Waals surface area contributed by atoms with E-state index in [1.807, 2.05) is 0 Å². The van der Waals surface area contributed by atoms with Crippen molar-refractivity contribution < 1.29 is 19.5 Å². The van der Waals surface area contributed by atoms with E-state index >= 15 is 0 Å². The summed E-state index contributed by atoms with van der Waals surface area (Å²) in [6, 6.07) is -0.816. The SMILES string of the molecule is CCC(=O)N1CC(C(=O)N(C)C(C(=O)O)C(C)C)C1. The van der Waals surface area contributed by atoms with Gasteiger partial charge >= 0.3 is 5.97 Å². The van der Waals surface area contributed by atoms with Gasteiger partial charge in [0.15, 0.2) is 0 Å². The Morgan fingerprint density at radius 2 is 1.84 bits per heavy atom. The highest BCUT2D eigenvalue weighted by Crippen LogP contribution is 2.21. The second kappa shape index (κ2) is 6.04. The van der Waals surface area contributed by atoms with Crippen LogP contribution in [0.3, 0.4) is 0 Å². The van der Waals surface area contributed by atoms with E-state index in [-0.39, 0.29) is 23.7 Å². The first kappa shape index (κ1) is 15.5. The molecule has 1 N–H and O–H groups in total. The highest BCUT2D eigenvalue weighted by atomic mass is 16.4. The first-order valence-corrected chi connectivity index (χ1v) is 6.56. The molecule has 1 unspecified atom stereocenters. The number of carboxylic acid groups (broad SMARTS) is 1. The molecule has 0 aromatic rings. The second-order valence-corrected chi connectivity index (χ2v) is 5.33. The number of carbonyl (C=O) groups excluding carboxylic acids is 2. The van der Waals surface area contributed by atoms with Crippen molar-refractivity contribution in [1.82, 2.24) is 9.80 Å². The molecule has 2 amide bonds. The minimum Gasteiger partial charge on any atom is -0.480 e. The number of carbonyl (C=O) groups is 3. The molecule has 0 aliphatic carbocycles. The van der Waals surface area contributed by atoms with Crippen LogP contribution in [-0.2, 0) is 14.4 Å². The maximum Gasteiger partial charge on any atom is 0.326 e. The van der Waals surface area contributed by atoms with E-state index < -0.39 is 12.0 Å². The van der Waals surface area contributed by atoms with Gasteiger partial charge in [-0.2, -0.15) is 0 Å². The molecule has 108 valence electrons. The highest BCUT2D eigenvalue weighted by molar-refractivity contribution is 5.87. The molecule has 1 saturated heterocycles. The number of aliphatic carboxylic acids is 1. The van der Waals surface area contributed by atoms with Gasteiger partial charge in [0.25, 0.3) is 0 Å². The summed E-state index contributed by atoms with van der Waals surface area (Å²) in [7, 11) is 1.52. The highest BCUT2D eigenvalue weighted by Gasteiger charge is 2.40. The summed E-state index contributed by atoms with van der Waals surface area (Å²) in [5, 5.41) is 9.16. The number of likely N-dealkylation sites (tertiary alicyclic amines) is 1. The van der Waals surface area contributed by atoms with E-state index in [4.69, 9.17) is 5.11 Å². The summed E-state index contributed by atoms with van der Waals surface area (Å²) < 4.78 is 0. The first-order valence-electron chi connectivity index (χ1n) is 6.56. The molecule has 19 heavy (non-hydrogen) atoms. The molecule has 0 radical (unpaired) electrons. The zero-order chi connectivity index (χ0) is 14.7. The molecule has 6 nitrogen and oxygen atoms in total. The Morgan fingerprint density at radius 1 is 1.32 bits per heavy atom. The standard InChI is InChI=1S/C13H22N2O4/c1-5-10(16)15-6-9(7-15)12(17)14(4)11(8(2)3)13(18)19/h8-9,11H,5-7H2,1-4H3,(H,18,19). The van der Waals surface area contributed by atoms with Crippen LogP contribution in [0.15, 0.2) is 0 Å². The lowest BCUT2D eigenvalue weighted by atomic mass is 9.95. The Morgan fingerprint density at radius 3 is 2.21 bits per heavy atom. The third kappa shape index (κ3) is 3.24. The van der Waals surface area contributed by atoms with Gasteiger partial charge in [-0.25, -0.2) is 4.79 Å². The van der Waals surface area contributed by atoms with Crippen LogP contribution in [0.25, 0.3) is 0 Å². The Labute approximate surface area is 113 Å². The molecular weight excluding hydrogens is 248 g/mol. The van der Waals surface area contributed by atoms with Gasteiger partial charge in [-0.1, -0.05) is 20.8 Å². The van der Waals surface area contributed by atoms with Crippen LogP contribution in [0.5, 0.6) is 0 Å². The van der Waals surface area contributed by atoms with E-state index in [1.165, 1.54) is 11.9 Å². The zero-order valence-corrected chi connectivity index (χ0v) is 11.9. The van der Waals surface area contributed by atoms with Crippen LogP contribution in [0.4, 0.5) is 0 Å². The summed E-state index contributed by atoms with van der Waals surface area (Å²) in [6.45, 7) is 6.13. The molecule has 0 spiro atoms. The van der Waals surface area contributed by atoms with E-state index in [9.17, 15) is 14.4 Å². The molecule has 6 heteroatoms. The Kier molecular flexibility index (Phi) is 4.91. The van der Waals surface area contributed by atoms with E-state index in [2.05, 4.69) is 0 Å². The van der Waals surface area contributed by atoms with Crippen molar-refractivity contribution in [2.75, 3.05) is 20.1 Å². The minimum absolute atomic E-state index is 0.0327. The van der Waals surface area contributed by atoms with Gasteiger partial charge in [0.1, 0.15) is 6.04 Å². The quantitative estimate of drug-likeness (QED) is 0.785. The van der Waals surface area contributed by atoms with E-state index in [0.29, 0.717) is 19.5 Å². The van der Waals surface area contributed by atoms with Gasteiger partial charge in [-0.05, 0) is 5.92 Å². The third-order valence-corrected chi connectivity index (χ3v) is 3.54. The normalized spacial score (nSPS) is 17.0. The van der Waals surface area contributed by atoms with Crippen molar-refractivity contribution in [2.45, 2.75) is 33.2 Å². The Bertz CT molecular complexity index is 375. The van der Waals surface area contributed by atoms with Crippen molar-refractivity contribution in [3.8, 4) is 0 Å². The molecule has 1 aliphatic rings. The largest absolute Gasteiger partial charge is 0.480 e. The number of carboxylic acids is 1. The predicted molar refractivity (Wildman–Crippen MR) is 69.4 cm³/mol. The van der Waals surface area contributed by atoms with Crippen molar-refractivity contribution >= 4 is 17.8 Å². The number of hydrogen-bond donors (Lipinski definition) is 1. The molecule has 1 heterocycles. The van der Waals surface area contributed by atoms with Gasteiger partial charge in [0, 0.05) is 26.6 Å². The summed E-state index contributed by atoms with van der Waals surface area (Å²) in [5.41, 5.74) is 0. The van der Waals surface area contributed by atoms with E-state index in [0.717, 1.165) is 0 Å². The van der Waals surface area contributed by atoms with Gasteiger partial charge in [-0.3, -0.25) is 9.59 Å². The Hall–Kier alpha value is -1.59. The molecule has 0 saturated carbocycles. The van der Waals surface area contributed by atoms with Crippen molar-refractivity contribution in [3.05, 3.63) is 0 Å². The average Bonchev–Trinajstić information content (AvgIpc) is 2.25. The van der Waals surface area contributed by atoms with E-state index in [1.54, 1.807) is 25.7 Å². The topological polar surface area (TPSA) is 77.9 Å². The number of rotatable bonds is 5. The second-order valence-electron chi connectivity index (χ2n) is 5.33. The lowest BCUT2D eigenvalue weighted by Crippen LogP contribution is -2.58. The molecule has 1 aliphatic heterocycles. The third-order valence-electron chi connectivity index (χ3n) is 3.54. The summed E-state index contributed by atoms with van der Waals surface area (Å²) in [4.78, 5) is 37.6. The van der Waals surface area contributed by atoms with Gasteiger partial charge < -0.3 is 14.9 Å². The van der Waals surface area contributed by atoms with Crippen molar-refractivity contribution in [2.24, 2.45) is 11.8 Å². The first-order chi connectivity index (χ1) is 8.79. The van der Waals surface area contributed by atoms with Gasteiger partial charge in [-0.15, -0.1) is 0 Å². The summed E-state index contributed by atoms with van der Waals surface area (Å²) in [6.07, 6.45) is 0.431. The zero-order valence-electron chi connectivity index (χ0n) is 11.9. The lowest BCUT2D eigenvalue weighted by molar-refractivity contribution is -0.157. The number of likely N-dealkylation sites (N-methyl/N-ethyl adjacent to an activating group) is 1. The smallest absolute Gasteiger partial charge is 0.326 e. The fourth-order valence-electron chi connectivity index (χ4n) is 2.39. The molecular formula is C13H22N2O4. The fourth-order valence-corrected chi connectivity index (χ4v) is 2.39. The molecule has 1 atom stereocenters. The minimum atomic E-state index is -0.994. The summed E-state index contributed by atoms with van der Waals surface area (Å²) in [5.74, 6) is -1.57. The monoisotopic (exact) mass is 270 g/mol. The molecule has 0 bridgehead atoms. The van der Waals surface area contributed by atoms with Crippen LogP contribution >= 0.6 is 0 Å². The molecule has 1 rings (SSSR count). The fraction of sp³-hybridized carbons (Fsp3) is 0.769. The van der Waals surface area contributed by atoms with Gasteiger partial charge in [0.2, 0.25) is 11.8 Å². The summed E-state index contributed by atoms with van der Waals surface area (Å²) >= 11 is 0. The molecule has 0 aromatic carbocycles. The maximum absolute atomic E-state index is 12.2. The lowest BCUT2D eigenvalue weighted by Gasteiger charge is -2.41. The maximum atomic E-state index is 12.2. The van der Waals surface area contributed by atoms with Crippen LogP contribution in [0.2, 0.25) is 0 Å². The van der Waals surface area contributed by atoms with Crippen LogP contribution < -0.4 is 0 Å². The Balaban J connectivity index is 2.60. The number of hydrogen-bond acceptors (Lipinski definition) is 3. The molecule has 1 fully saturated rings. The molecule has 0 aromatic heterocycles. The van der Waals surface area contributed by atoms with Crippen LogP contribution in [-0.4, -0.2) is 58.9 Å². The predicted octanol–water partition coefficient (Wildman–Crippen LogP) is 0.422. The van der Waals surface area contributed by atoms with Crippen molar-refractivity contribution in [1.29, 1.82) is 0 Å². The average molecular weight is 270 g/mol. The number of amides is 2. The van der Waals surface area contributed by atoms with Crippen LogP contribution in [0.1, 0.15) is 27.2 Å². The van der Waals surface area contributed by atoms with Crippen molar-refractivity contribution in [3.63, 3.8) is 0 Å². The van der Waals surface area contributed by atoms with Crippen LogP contribution in [0, 0.1) is 11.8 Å². The van der Waals surface area contributed by atoms with Gasteiger partial charge in [0.05, 0.1) is 5.92 Å².